The quantitative estimate of drug-likeness (QED) is 0.860. The fraction of sp³-hybridized carbons (Fsp3) is 0.444. The van der Waals surface area contributed by atoms with Crippen molar-refractivity contribution < 1.29 is 5.11 Å². The molecule has 1 aliphatic rings. The molecule has 2 atom stereocenters. The molecule has 3 rings (SSSR count). The van der Waals surface area contributed by atoms with Crippen LogP contribution in [-0.4, -0.2) is 11.2 Å². The maximum Gasteiger partial charge on any atom is 0.0612 e. The molecule has 0 aromatic heterocycles. The highest BCUT2D eigenvalue weighted by Crippen LogP contribution is 2.32. The molecular formula is C18H22O. The van der Waals surface area contributed by atoms with Crippen molar-refractivity contribution in [1.82, 2.24) is 0 Å². The Morgan fingerprint density at radius 1 is 1.05 bits per heavy atom. The lowest BCUT2D eigenvalue weighted by Gasteiger charge is -2.31. The summed E-state index contributed by atoms with van der Waals surface area (Å²) < 4.78 is 0. The Morgan fingerprint density at radius 2 is 1.63 bits per heavy atom. The van der Waals surface area contributed by atoms with E-state index in [2.05, 4.69) is 50.2 Å². The lowest BCUT2D eigenvalue weighted by atomic mass is 9.77. The van der Waals surface area contributed by atoms with Crippen molar-refractivity contribution in [3.63, 3.8) is 0 Å². The summed E-state index contributed by atoms with van der Waals surface area (Å²) in [5.41, 5.74) is 2.78. The Morgan fingerprint density at radius 3 is 2.21 bits per heavy atom. The zero-order chi connectivity index (χ0) is 13.4. The summed E-state index contributed by atoms with van der Waals surface area (Å²) in [6, 6.07) is 13.1. The standard InChI is InChI=1S/C18H22O/c1-12(2)7-17-10-15-8-13-5-3-4-6-14(13)9-16(15)11-18(17)19/h3-6,8-9,12,17-19H,7,10-11H2,1-2H3/t17-,18+/m1/s1. The van der Waals surface area contributed by atoms with Gasteiger partial charge >= 0.3 is 0 Å². The number of hydrogen-bond acceptors (Lipinski definition) is 1. The van der Waals surface area contributed by atoms with Crippen LogP contribution >= 0.6 is 0 Å². The number of fused-ring (bicyclic) bond motifs is 2. The van der Waals surface area contributed by atoms with E-state index in [1.54, 1.807) is 0 Å². The molecule has 2 aromatic rings. The van der Waals surface area contributed by atoms with E-state index in [1.807, 2.05) is 0 Å². The van der Waals surface area contributed by atoms with Crippen molar-refractivity contribution in [2.75, 3.05) is 0 Å². The average molecular weight is 254 g/mol. The van der Waals surface area contributed by atoms with E-state index in [-0.39, 0.29) is 6.10 Å². The van der Waals surface area contributed by atoms with Crippen molar-refractivity contribution in [3.8, 4) is 0 Å². The minimum absolute atomic E-state index is 0.170. The molecule has 0 amide bonds. The highest BCUT2D eigenvalue weighted by molar-refractivity contribution is 5.84. The van der Waals surface area contributed by atoms with Crippen LogP contribution in [0.1, 0.15) is 31.4 Å². The van der Waals surface area contributed by atoms with Crippen molar-refractivity contribution in [2.45, 2.75) is 39.2 Å². The van der Waals surface area contributed by atoms with Crippen LogP contribution in [0.2, 0.25) is 0 Å². The minimum atomic E-state index is -0.170. The number of aliphatic hydroxyl groups is 1. The summed E-state index contributed by atoms with van der Waals surface area (Å²) in [5, 5.41) is 12.9. The number of benzene rings is 2. The van der Waals surface area contributed by atoms with Crippen LogP contribution in [0.15, 0.2) is 36.4 Å². The van der Waals surface area contributed by atoms with Crippen LogP contribution in [0, 0.1) is 11.8 Å². The maximum atomic E-state index is 10.3. The molecule has 0 radical (unpaired) electrons. The molecular weight excluding hydrogens is 232 g/mol. The summed E-state index contributed by atoms with van der Waals surface area (Å²) in [6.45, 7) is 4.48. The van der Waals surface area contributed by atoms with Gasteiger partial charge in [-0.25, -0.2) is 0 Å². The van der Waals surface area contributed by atoms with E-state index in [0.29, 0.717) is 11.8 Å². The molecule has 0 saturated heterocycles. The van der Waals surface area contributed by atoms with E-state index in [4.69, 9.17) is 0 Å². The van der Waals surface area contributed by atoms with Gasteiger partial charge in [0.15, 0.2) is 0 Å². The highest BCUT2D eigenvalue weighted by atomic mass is 16.3. The fourth-order valence-electron chi connectivity index (χ4n) is 3.37. The van der Waals surface area contributed by atoms with Crippen LogP contribution < -0.4 is 0 Å². The Bertz CT molecular complexity index is 585. The van der Waals surface area contributed by atoms with Gasteiger partial charge < -0.3 is 5.11 Å². The Balaban J connectivity index is 1.97. The van der Waals surface area contributed by atoms with Gasteiger partial charge in [-0.15, -0.1) is 0 Å². The summed E-state index contributed by atoms with van der Waals surface area (Å²) in [4.78, 5) is 0. The normalized spacial score (nSPS) is 22.7. The van der Waals surface area contributed by atoms with Gasteiger partial charge in [-0.05, 0) is 53.0 Å². The second-order valence-corrected chi connectivity index (χ2v) is 6.33. The van der Waals surface area contributed by atoms with Crippen LogP contribution in [0.4, 0.5) is 0 Å². The van der Waals surface area contributed by atoms with Gasteiger partial charge in [0.25, 0.3) is 0 Å². The summed E-state index contributed by atoms with van der Waals surface area (Å²) in [7, 11) is 0. The Kier molecular flexibility index (Phi) is 3.32. The third kappa shape index (κ3) is 2.52. The first-order valence-corrected chi connectivity index (χ1v) is 7.32. The second-order valence-electron chi connectivity index (χ2n) is 6.33. The molecule has 1 N–H and O–H groups in total. The van der Waals surface area contributed by atoms with E-state index < -0.39 is 0 Å². The molecule has 100 valence electrons. The predicted molar refractivity (Wildman–Crippen MR) is 80.3 cm³/mol. The summed E-state index contributed by atoms with van der Waals surface area (Å²) >= 11 is 0. The van der Waals surface area contributed by atoms with Gasteiger partial charge in [-0.1, -0.05) is 50.2 Å². The molecule has 0 heterocycles. The van der Waals surface area contributed by atoms with Gasteiger partial charge in [-0.3, -0.25) is 0 Å². The number of hydrogen-bond donors (Lipinski definition) is 1. The zero-order valence-corrected chi connectivity index (χ0v) is 11.8. The molecule has 0 spiro atoms. The molecule has 0 unspecified atom stereocenters. The largest absolute Gasteiger partial charge is 0.392 e. The van der Waals surface area contributed by atoms with E-state index >= 15 is 0 Å². The first-order valence-electron chi connectivity index (χ1n) is 7.32. The first-order chi connectivity index (χ1) is 9.13. The topological polar surface area (TPSA) is 20.2 Å². The summed E-state index contributed by atoms with van der Waals surface area (Å²) in [5.74, 6) is 1.08. The number of rotatable bonds is 2. The smallest absolute Gasteiger partial charge is 0.0612 e. The highest BCUT2D eigenvalue weighted by Gasteiger charge is 2.27. The lowest BCUT2D eigenvalue weighted by molar-refractivity contribution is 0.0873. The van der Waals surface area contributed by atoms with Gasteiger partial charge in [0.05, 0.1) is 6.10 Å². The average Bonchev–Trinajstić information content (AvgIpc) is 2.37. The van der Waals surface area contributed by atoms with Gasteiger partial charge in [0.2, 0.25) is 0 Å². The van der Waals surface area contributed by atoms with Crippen LogP contribution in [0.5, 0.6) is 0 Å². The van der Waals surface area contributed by atoms with Crippen LogP contribution in [0.25, 0.3) is 10.8 Å². The summed E-state index contributed by atoms with van der Waals surface area (Å²) in [6.07, 6.45) is 2.79. The fourth-order valence-corrected chi connectivity index (χ4v) is 3.37. The second kappa shape index (κ2) is 4.97. The molecule has 1 nitrogen and oxygen atoms in total. The first kappa shape index (κ1) is 12.7. The molecule has 0 fully saturated rings. The molecule has 2 aromatic carbocycles. The molecule has 19 heavy (non-hydrogen) atoms. The van der Waals surface area contributed by atoms with E-state index in [1.165, 1.54) is 21.9 Å². The predicted octanol–water partition coefficient (Wildman–Crippen LogP) is 3.96. The molecule has 0 aliphatic heterocycles. The maximum absolute atomic E-state index is 10.3. The molecule has 1 aliphatic carbocycles. The lowest BCUT2D eigenvalue weighted by Crippen LogP contribution is -2.31. The monoisotopic (exact) mass is 254 g/mol. The van der Waals surface area contributed by atoms with Gasteiger partial charge in [0, 0.05) is 0 Å². The minimum Gasteiger partial charge on any atom is -0.392 e. The number of aliphatic hydroxyl groups excluding tert-OH is 1. The van der Waals surface area contributed by atoms with Crippen LogP contribution in [0.3, 0.4) is 0 Å². The molecule has 1 heteroatoms. The molecule has 0 bridgehead atoms. The Hall–Kier alpha value is -1.34. The van der Waals surface area contributed by atoms with Gasteiger partial charge in [0.1, 0.15) is 0 Å². The van der Waals surface area contributed by atoms with Crippen molar-refractivity contribution in [1.29, 1.82) is 0 Å². The van der Waals surface area contributed by atoms with Crippen molar-refractivity contribution in [2.24, 2.45) is 11.8 Å². The van der Waals surface area contributed by atoms with Crippen molar-refractivity contribution in [3.05, 3.63) is 47.5 Å². The molecule has 0 saturated carbocycles. The van der Waals surface area contributed by atoms with Crippen molar-refractivity contribution >= 4 is 10.8 Å². The SMILES string of the molecule is CC(C)C[C@@H]1Cc2cc3ccccc3cc2C[C@@H]1O. The third-order valence-electron chi connectivity index (χ3n) is 4.30. The Labute approximate surface area is 115 Å². The third-order valence-corrected chi connectivity index (χ3v) is 4.30. The zero-order valence-electron chi connectivity index (χ0n) is 11.8. The van der Waals surface area contributed by atoms with Gasteiger partial charge in [-0.2, -0.15) is 0 Å². The van der Waals surface area contributed by atoms with E-state index in [9.17, 15) is 5.11 Å². The van der Waals surface area contributed by atoms with E-state index in [0.717, 1.165) is 19.3 Å². The van der Waals surface area contributed by atoms with Crippen LogP contribution in [-0.2, 0) is 12.8 Å².